The lowest BCUT2D eigenvalue weighted by Gasteiger charge is -2.32. The van der Waals surface area contributed by atoms with E-state index in [1.807, 2.05) is 30.5 Å². The molecule has 2 aromatic heterocycles. The van der Waals surface area contributed by atoms with Gasteiger partial charge in [-0.05, 0) is 31.0 Å². The van der Waals surface area contributed by atoms with Crippen LogP contribution in [0.1, 0.15) is 18.4 Å². The summed E-state index contributed by atoms with van der Waals surface area (Å²) in [6, 6.07) is 12.2. The van der Waals surface area contributed by atoms with Gasteiger partial charge in [0.25, 0.3) is 0 Å². The lowest BCUT2D eigenvalue weighted by atomic mass is 9.96. The van der Waals surface area contributed by atoms with Gasteiger partial charge in [0.1, 0.15) is 5.82 Å². The Bertz CT molecular complexity index is 884. The summed E-state index contributed by atoms with van der Waals surface area (Å²) in [6.07, 6.45) is 3.39. The van der Waals surface area contributed by atoms with Gasteiger partial charge < -0.3 is 16.0 Å². The Hall–Kier alpha value is -2.67. The maximum absolute atomic E-state index is 11.4. The number of piperidine rings is 1. The number of hydrogen-bond donors (Lipinski definition) is 2. The lowest BCUT2D eigenvalue weighted by Crippen LogP contribution is -2.39. The first-order valence-corrected chi connectivity index (χ1v) is 9.60. The minimum Gasteiger partial charge on any atom is -0.369 e. The Balaban J connectivity index is 1.46. The molecule has 6 nitrogen and oxygen atoms in total. The highest BCUT2D eigenvalue weighted by molar-refractivity contribution is 7.22. The van der Waals surface area contributed by atoms with Gasteiger partial charge in [0.05, 0.1) is 10.2 Å². The number of para-hydroxylation sites is 1. The fourth-order valence-corrected chi connectivity index (χ4v) is 4.21. The molecule has 0 unspecified atom stereocenters. The first-order valence-electron chi connectivity index (χ1n) is 8.78. The molecular formula is C19H21N5OS. The Morgan fingerprint density at radius 2 is 2.04 bits per heavy atom. The van der Waals surface area contributed by atoms with E-state index in [9.17, 15) is 4.79 Å². The summed E-state index contributed by atoms with van der Waals surface area (Å²) < 4.78 is 1.18. The minimum atomic E-state index is -0.191. The highest BCUT2D eigenvalue weighted by Crippen LogP contribution is 2.28. The second kappa shape index (κ2) is 7.29. The first kappa shape index (κ1) is 16.8. The van der Waals surface area contributed by atoms with E-state index in [1.54, 1.807) is 11.3 Å². The molecule has 1 fully saturated rings. The van der Waals surface area contributed by atoms with Crippen molar-refractivity contribution in [2.75, 3.05) is 23.3 Å². The molecule has 1 aliphatic heterocycles. The van der Waals surface area contributed by atoms with Gasteiger partial charge in [-0.25, -0.2) is 9.97 Å². The number of benzene rings is 1. The number of carbonyl (C=O) groups is 1. The Morgan fingerprint density at radius 1 is 1.23 bits per heavy atom. The van der Waals surface area contributed by atoms with Crippen molar-refractivity contribution in [3.63, 3.8) is 0 Å². The van der Waals surface area contributed by atoms with E-state index in [0.29, 0.717) is 6.54 Å². The number of carbonyl (C=O) groups excluding carboxylic acids is 1. The fraction of sp³-hybridized carbons (Fsp3) is 0.316. The van der Waals surface area contributed by atoms with Crippen LogP contribution in [-0.2, 0) is 11.3 Å². The third kappa shape index (κ3) is 3.48. The number of primary amides is 1. The standard InChI is InChI=1S/C19H21N5OS/c20-17(25)13-7-10-24(11-8-13)18-14(4-3-9-21-18)12-22-19-23-15-5-1-2-6-16(15)26-19/h1-6,9,13H,7-8,10-12H2,(H2,20,25)(H,22,23). The predicted molar refractivity (Wildman–Crippen MR) is 105 cm³/mol. The second-order valence-electron chi connectivity index (χ2n) is 6.49. The van der Waals surface area contributed by atoms with Crippen molar-refractivity contribution in [2.45, 2.75) is 19.4 Å². The van der Waals surface area contributed by atoms with E-state index in [2.05, 4.69) is 32.3 Å². The van der Waals surface area contributed by atoms with Gasteiger partial charge in [-0.2, -0.15) is 0 Å². The van der Waals surface area contributed by atoms with Crippen molar-refractivity contribution in [1.82, 2.24) is 9.97 Å². The molecule has 26 heavy (non-hydrogen) atoms. The number of amides is 1. The number of nitrogens with zero attached hydrogens (tertiary/aromatic N) is 3. The van der Waals surface area contributed by atoms with Crippen LogP contribution in [0.25, 0.3) is 10.2 Å². The van der Waals surface area contributed by atoms with Crippen LogP contribution in [0.15, 0.2) is 42.6 Å². The molecule has 7 heteroatoms. The fourth-order valence-electron chi connectivity index (χ4n) is 3.35. The maximum atomic E-state index is 11.4. The third-order valence-electron chi connectivity index (χ3n) is 4.79. The predicted octanol–water partition coefficient (Wildman–Crippen LogP) is 3.01. The summed E-state index contributed by atoms with van der Waals surface area (Å²) in [5, 5.41) is 4.33. The topological polar surface area (TPSA) is 84.1 Å². The molecular weight excluding hydrogens is 346 g/mol. The molecule has 3 N–H and O–H groups in total. The normalized spacial score (nSPS) is 15.3. The molecule has 4 rings (SSSR count). The zero-order chi connectivity index (χ0) is 17.9. The summed E-state index contributed by atoms with van der Waals surface area (Å²) in [4.78, 5) is 22.8. The largest absolute Gasteiger partial charge is 0.369 e. The van der Waals surface area contributed by atoms with E-state index < -0.39 is 0 Å². The second-order valence-corrected chi connectivity index (χ2v) is 7.52. The van der Waals surface area contributed by atoms with Crippen molar-refractivity contribution in [3.8, 4) is 0 Å². The summed E-state index contributed by atoms with van der Waals surface area (Å²) in [5.74, 6) is 0.770. The van der Waals surface area contributed by atoms with E-state index in [1.165, 1.54) is 4.70 Å². The maximum Gasteiger partial charge on any atom is 0.220 e. The van der Waals surface area contributed by atoms with Gasteiger partial charge in [-0.15, -0.1) is 0 Å². The number of aromatic nitrogens is 2. The zero-order valence-electron chi connectivity index (χ0n) is 14.4. The number of hydrogen-bond acceptors (Lipinski definition) is 6. The molecule has 0 saturated carbocycles. The average Bonchev–Trinajstić information content (AvgIpc) is 3.10. The van der Waals surface area contributed by atoms with Crippen LogP contribution >= 0.6 is 11.3 Å². The number of fused-ring (bicyclic) bond motifs is 1. The Morgan fingerprint density at radius 3 is 2.81 bits per heavy atom. The molecule has 0 radical (unpaired) electrons. The van der Waals surface area contributed by atoms with Gasteiger partial charge in [-0.1, -0.05) is 29.5 Å². The van der Waals surface area contributed by atoms with Crippen LogP contribution in [0.4, 0.5) is 10.9 Å². The highest BCUT2D eigenvalue weighted by Gasteiger charge is 2.24. The van der Waals surface area contributed by atoms with Crippen molar-refractivity contribution in [1.29, 1.82) is 0 Å². The molecule has 0 bridgehead atoms. The van der Waals surface area contributed by atoms with Crippen LogP contribution in [0.2, 0.25) is 0 Å². The van der Waals surface area contributed by atoms with Gasteiger partial charge in [0.15, 0.2) is 5.13 Å². The van der Waals surface area contributed by atoms with Crippen molar-refractivity contribution < 1.29 is 4.79 Å². The molecule has 1 amide bonds. The lowest BCUT2D eigenvalue weighted by molar-refractivity contribution is -0.122. The van der Waals surface area contributed by atoms with E-state index in [4.69, 9.17) is 5.73 Å². The van der Waals surface area contributed by atoms with Gasteiger partial charge in [0.2, 0.25) is 5.91 Å². The molecule has 3 heterocycles. The number of rotatable bonds is 5. The molecule has 1 aliphatic rings. The van der Waals surface area contributed by atoms with Crippen molar-refractivity contribution in [2.24, 2.45) is 11.7 Å². The SMILES string of the molecule is NC(=O)C1CCN(c2ncccc2CNc2nc3ccccc3s2)CC1. The van der Waals surface area contributed by atoms with Crippen molar-refractivity contribution in [3.05, 3.63) is 48.2 Å². The van der Waals surface area contributed by atoms with Crippen LogP contribution in [0, 0.1) is 5.92 Å². The summed E-state index contributed by atoms with van der Waals surface area (Å²) in [6.45, 7) is 2.27. The van der Waals surface area contributed by atoms with E-state index >= 15 is 0 Å². The summed E-state index contributed by atoms with van der Waals surface area (Å²) in [7, 11) is 0. The highest BCUT2D eigenvalue weighted by atomic mass is 32.1. The van der Waals surface area contributed by atoms with Gasteiger partial charge in [0, 0.05) is 37.3 Å². The van der Waals surface area contributed by atoms with Gasteiger partial charge >= 0.3 is 0 Å². The van der Waals surface area contributed by atoms with E-state index in [0.717, 1.165) is 48.0 Å². The first-order chi connectivity index (χ1) is 12.7. The molecule has 1 saturated heterocycles. The smallest absolute Gasteiger partial charge is 0.220 e. The van der Waals surface area contributed by atoms with E-state index in [-0.39, 0.29) is 11.8 Å². The quantitative estimate of drug-likeness (QED) is 0.724. The molecule has 3 aromatic rings. The third-order valence-corrected chi connectivity index (χ3v) is 5.78. The van der Waals surface area contributed by atoms with Crippen LogP contribution in [-0.4, -0.2) is 29.0 Å². The minimum absolute atomic E-state index is 0.0146. The van der Waals surface area contributed by atoms with Crippen LogP contribution in [0.3, 0.4) is 0 Å². The number of nitrogens with one attached hydrogen (secondary N) is 1. The molecule has 0 atom stereocenters. The monoisotopic (exact) mass is 367 g/mol. The van der Waals surface area contributed by atoms with Crippen LogP contribution in [0.5, 0.6) is 0 Å². The molecule has 134 valence electrons. The molecule has 0 spiro atoms. The Kier molecular flexibility index (Phi) is 4.71. The summed E-state index contributed by atoms with van der Waals surface area (Å²) in [5.41, 5.74) is 7.58. The molecule has 0 aliphatic carbocycles. The number of pyridine rings is 1. The molecule has 1 aromatic carbocycles. The average molecular weight is 367 g/mol. The van der Waals surface area contributed by atoms with Crippen molar-refractivity contribution >= 4 is 38.4 Å². The number of thiazole rings is 1. The number of nitrogens with two attached hydrogens (primary N) is 1. The summed E-state index contributed by atoms with van der Waals surface area (Å²) >= 11 is 1.65. The Labute approximate surface area is 156 Å². The zero-order valence-corrected chi connectivity index (χ0v) is 15.2. The van der Waals surface area contributed by atoms with Crippen LogP contribution < -0.4 is 16.0 Å². The van der Waals surface area contributed by atoms with Gasteiger partial charge in [-0.3, -0.25) is 4.79 Å². The number of anilines is 2.